The van der Waals surface area contributed by atoms with Gasteiger partial charge in [-0.1, -0.05) is 83.1 Å². The van der Waals surface area contributed by atoms with Crippen LogP contribution in [0.2, 0.25) is 0 Å². The largest absolute Gasteiger partial charge is 0.294 e. The second kappa shape index (κ2) is 10.5. The molecule has 2 nitrogen and oxygen atoms in total. The standard InChI is InChI=1S/C27H34O2/c1-3-5-6-7-8-9-10-11-12-27(29)21-14-16-25-23(18-21)19-22-17-20(26(28)4-2)13-15-24(22)25/h13-18H,3-12,19H2,1-2H3. The first-order valence-electron chi connectivity index (χ1n) is 11.5. The first-order valence-corrected chi connectivity index (χ1v) is 11.5. The molecule has 2 aromatic rings. The van der Waals surface area contributed by atoms with Crippen molar-refractivity contribution in [1.82, 2.24) is 0 Å². The highest BCUT2D eigenvalue weighted by Gasteiger charge is 2.21. The molecule has 0 amide bonds. The van der Waals surface area contributed by atoms with Crippen molar-refractivity contribution in [3.8, 4) is 11.1 Å². The summed E-state index contributed by atoms with van der Waals surface area (Å²) < 4.78 is 0. The average Bonchev–Trinajstić information content (AvgIpc) is 3.11. The van der Waals surface area contributed by atoms with E-state index in [2.05, 4.69) is 25.1 Å². The molecule has 0 aliphatic heterocycles. The number of carbonyl (C=O) groups is 2. The zero-order chi connectivity index (χ0) is 20.6. The van der Waals surface area contributed by atoms with E-state index in [1.165, 1.54) is 60.8 Å². The number of unbranched alkanes of at least 4 members (excludes halogenated alkanes) is 7. The zero-order valence-corrected chi connectivity index (χ0v) is 18.1. The molecular weight excluding hydrogens is 356 g/mol. The van der Waals surface area contributed by atoms with Crippen LogP contribution in [0.25, 0.3) is 11.1 Å². The van der Waals surface area contributed by atoms with Crippen LogP contribution in [0.1, 0.15) is 110 Å². The molecule has 154 valence electrons. The van der Waals surface area contributed by atoms with Crippen LogP contribution < -0.4 is 0 Å². The van der Waals surface area contributed by atoms with E-state index in [4.69, 9.17) is 0 Å². The van der Waals surface area contributed by atoms with Crippen LogP contribution in [0.5, 0.6) is 0 Å². The Morgan fingerprint density at radius 1 is 0.690 bits per heavy atom. The predicted octanol–water partition coefficient (Wildman–Crippen LogP) is 7.56. The topological polar surface area (TPSA) is 34.1 Å². The predicted molar refractivity (Wildman–Crippen MR) is 121 cm³/mol. The molecule has 0 bridgehead atoms. The second-order valence-corrected chi connectivity index (χ2v) is 8.35. The van der Waals surface area contributed by atoms with Gasteiger partial charge in [-0.2, -0.15) is 0 Å². The lowest BCUT2D eigenvalue weighted by atomic mass is 9.98. The van der Waals surface area contributed by atoms with Gasteiger partial charge in [0.1, 0.15) is 0 Å². The van der Waals surface area contributed by atoms with Crippen LogP contribution in [0.15, 0.2) is 36.4 Å². The number of fused-ring (bicyclic) bond motifs is 3. The monoisotopic (exact) mass is 390 g/mol. The van der Waals surface area contributed by atoms with Crippen molar-refractivity contribution >= 4 is 11.6 Å². The Morgan fingerprint density at radius 2 is 1.21 bits per heavy atom. The van der Waals surface area contributed by atoms with Gasteiger partial charge in [-0.25, -0.2) is 0 Å². The molecule has 0 radical (unpaired) electrons. The van der Waals surface area contributed by atoms with E-state index in [1.807, 2.05) is 25.1 Å². The van der Waals surface area contributed by atoms with Crippen LogP contribution in [0.3, 0.4) is 0 Å². The van der Waals surface area contributed by atoms with Crippen LogP contribution >= 0.6 is 0 Å². The Labute approximate surface area is 175 Å². The van der Waals surface area contributed by atoms with Crippen molar-refractivity contribution in [3.05, 3.63) is 58.7 Å². The van der Waals surface area contributed by atoms with E-state index < -0.39 is 0 Å². The molecule has 3 rings (SSSR count). The van der Waals surface area contributed by atoms with Gasteiger partial charge in [0.05, 0.1) is 0 Å². The lowest BCUT2D eigenvalue weighted by Gasteiger charge is -2.06. The van der Waals surface area contributed by atoms with Gasteiger partial charge in [-0.15, -0.1) is 0 Å². The molecule has 0 spiro atoms. The number of hydrogen-bond acceptors (Lipinski definition) is 2. The van der Waals surface area contributed by atoms with Gasteiger partial charge in [0.15, 0.2) is 11.6 Å². The van der Waals surface area contributed by atoms with E-state index in [-0.39, 0.29) is 11.6 Å². The molecule has 0 heterocycles. The first kappa shape index (κ1) is 21.5. The summed E-state index contributed by atoms with van der Waals surface area (Å²) in [5.74, 6) is 0.446. The second-order valence-electron chi connectivity index (χ2n) is 8.35. The average molecular weight is 391 g/mol. The highest BCUT2D eigenvalue weighted by Crippen LogP contribution is 2.37. The van der Waals surface area contributed by atoms with Crippen molar-refractivity contribution in [2.45, 2.75) is 84.5 Å². The molecule has 0 saturated heterocycles. The van der Waals surface area contributed by atoms with E-state index in [0.717, 1.165) is 30.4 Å². The summed E-state index contributed by atoms with van der Waals surface area (Å²) in [6, 6.07) is 12.2. The molecule has 0 saturated carbocycles. The lowest BCUT2D eigenvalue weighted by molar-refractivity contribution is 0.0974. The summed E-state index contributed by atoms with van der Waals surface area (Å²) in [6.45, 7) is 4.14. The van der Waals surface area contributed by atoms with Gasteiger partial charge >= 0.3 is 0 Å². The van der Waals surface area contributed by atoms with Crippen molar-refractivity contribution in [1.29, 1.82) is 0 Å². The third kappa shape index (κ3) is 5.44. The van der Waals surface area contributed by atoms with Crippen LogP contribution in [-0.4, -0.2) is 11.6 Å². The first-order chi connectivity index (χ1) is 14.1. The minimum absolute atomic E-state index is 0.185. The third-order valence-electron chi connectivity index (χ3n) is 6.10. The highest BCUT2D eigenvalue weighted by molar-refractivity contribution is 5.98. The molecule has 2 heteroatoms. The van der Waals surface area contributed by atoms with Gasteiger partial charge in [0.25, 0.3) is 0 Å². The minimum atomic E-state index is 0.185. The fourth-order valence-corrected chi connectivity index (χ4v) is 4.33. The van der Waals surface area contributed by atoms with E-state index >= 15 is 0 Å². The smallest absolute Gasteiger partial charge is 0.162 e. The van der Waals surface area contributed by atoms with Gasteiger partial charge in [0, 0.05) is 24.0 Å². The Morgan fingerprint density at radius 3 is 1.76 bits per heavy atom. The van der Waals surface area contributed by atoms with Crippen molar-refractivity contribution in [2.75, 3.05) is 0 Å². The molecule has 0 aromatic heterocycles. The number of ketones is 2. The van der Waals surface area contributed by atoms with Crippen LogP contribution in [-0.2, 0) is 6.42 Å². The summed E-state index contributed by atoms with van der Waals surface area (Å²) >= 11 is 0. The molecule has 1 aliphatic carbocycles. The summed E-state index contributed by atoms with van der Waals surface area (Å²) in [4.78, 5) is 24.6. The summed E-state index contributed by atoms with van der Waals surface area (Å²) in [5, 5.41) is 0. The number of carbonyl (C=O) groups excluding carboxylic acids is 2. The van der Waals surface area contributed by atoms with Crippen LogP contribution in [0, 0.1) is 0 Å². The Balaban J connectivity index is 1.53. The molecule has 0 unspecified atom stereocenters. The maximum atomic E-state index is 12.6. The third-order valence-corrected chi connectivity index (χ3v) is 6.10. The van der Waals surface area contributed by atoms with E-state index in [9.17, 15) is 9.59 Å². The van der Waals surface area contributed by atoms with Crippen molar-refractivity contribution in [3.63, 3.8) is 0 Å². The maximum Gasteiger partial charge on any atom is 0.162 e. The quantitative estimate of drug-likeness (QED) is 0.236. The Kier molecular flexibility index (Phi) is 7.80. The Bertz CT molecular complexity index is 863. The summed E-state index contributed by atoms with van der Waals surface area (Å²) in [7, 11) is 0. The summed E-state index contributed by atoms with van der Waals surface area (Å²) in [6.07, 6.45) is 12.0. The van der Waals surface area contributed by atoms with Gasteiger partial charge in [-0.05, 0) is 47.2 Å². The number of rotatable bonds is 12. The van der Waals surface area contributed by atoms with Gasteiger partial charge in [-0.3, -0.25) is 9.59 Å². The fraction of sp³-hybridized carbons (Fsp3) is 0.481. The van der Waals surface area contributed by atoms with Gasteiger partial charge < -0.3 is 0 Å². The number of Topliss-reactive ketones (excluding diaryl/α,β-unsaturated/α-hetero) is 2. The van der Waals surface area contributed by atoms with E-state index in [0.29, 0.717) is 12.8 Å². The molecule has 0 atom stereocenters. The normalized spacial score (nSPS) is 11.9. The molecule has 0 fully saturated rings. The zero-order valence-electron chi connectivity index (χ0n) is 18.1. The lowest BCUT2D eigenvalue weighted by Crippen LogP contribution is -2.00. The molecule has 1 aliphatic rings. The van der Waals surface area contributed by atoms with Gasteiger partial charge in [0.2, 0.25) is 0 Å². The molecule has 2 aromatic carbocycles. The number of benzene rings is 2. The molecule has 29 heavy (non-hydrogen) atoms. The maximum absolute atomic E-state index is 12.6. The molecular formula is C27H34O2. The SMILES string of the molecule is CCCCCCCCCCC(=O)c1ccc2c(c1)Cc1cc(C(=O)CC)ccc1-2. The fourth-order valence-electron chi connectivity index (χ4n) is 4.33. The Hall–Kier alpha value is -2.22. The van der Waals surface area contributed by atoms with Crippen molar-refractivity contribution < 1.29 is 9.59 Å². The number of hydrogen-bond donors (Lipinski definition) is 0. The summed E-state index contributed by atoms with van der Waals surface area (Å²) in [5.41, 5.74) is 6.46. The molecule has 0 N–H and O–H groups in total. The van der Waals surface area contributed by atoms with E-state index in [1.54, 1.807) is 0 Å². The highest BCUT2D eigenvalue weighted by atomic mass is 16.1. The van der Waals surface area contributed by atoms with Crippen molar-refractivity contribution in [2.24, 2.45) is 0 Å². The van der Waals surface area contributed by atoms with Crippen LogP contribution in [0.4, 0.5) is 0 Å². The minimum Gasteiger partial charge on any atom is -0.294 e.